The van der Waals surface area contributed by atoms with Crippen molar-refractivity contribution in [2.75, 3.05) is 7.11 Å². The van der Waals surface area contributed by atoms with Crippen LogP contribution in [0.2, 0.25) is 0 Å². The zero-order valence-electron chi connectivity index (χ0n) is 13.1. The first-order valence-corrected chi connectivity index (χ1v) is 7.08. The summed E-state index contributed by atoms with van der Waals surface area (Å²) < 4.78 is 5.25. The molecule has 1 aromatic heterocycles. The molecule has 2 N–H and O–H groups in total. The lowest BCUT2D eigenvalue weighted by Gasteiger charge is -2.26. The number of hydrogen-bond acceptors (Lipinski definition) is 4. The Morgan fingerprint density at radius 3 is 2.78 bits per heavy atom. The van der Waals surface area contributed by atoms with Crippen molar-refractivity contribution in [2.45, 2.75) is 19.8 Å². The maximum atomic E-state index is 9.55. The molecule has 3 rings (SSSR count). The molecule has 114 valence electrons. The summed E-state index contributed by atoms with van der Waals surface area (Å²) in [6, 6.07) is 7.98. The van der Waals surface area contributed by atoms with Crippen LogP contribution in [0.4, 0.5) is 0 Å². The molecule has 1 aliphatic heterocycles. The SMILES string of the molecule is [C-]#[N+]C1=C(C)NC(C)=C(C#N)C1c1ccc2[nH]nc(OC)c2c1. The number of ether oxygens (including phenoxy) is 1. The van der Waals surface area contributed by atoms with Crippen LogP contribution in [0.3, 0.4) is 0 Å². The Labute approximate surface area is 133 Å². The van der Waals surface area contributed by atoms with E-state index in [2.05, 4.69) is 26.4 Å². The molecule has 2 aromatic rings. The zero-order valence-corrected chi connectivity index (χ0v) is 13.1. The summed E-state index contributed by atoms with van der Waals surface area (Å²) in [5, 5.41) is 20.5. The molecule has 6 nitrogen and oxygen atoms in total. The van der Waals surface area contributed by atoms with Crippen LogP contribution in [0.25, 0.3) is 15.7 Å². The molecule has 23 heavy (non-hydrogen) atoms. The molecule has 1 atom stereocenters. The molecular formula is C17H15N5O. The number of nitrogens with zero attached hydrogens (tertiary/aromatic N) is 3. The number of hydrogen-bond donors (Lipinski definition) is 2. The third-order valence-electron chi connectivity index (χ3n) is 4.04. The van der Waals surface area contributed by atoms with E-state index in [1.54, 1.807) is 7.11 Å². The molecule has 1 aliphatic rings. The molecule has 6 heteroatoms. The van der Waals surface area contributed by atoms with Gasteiger partial charge in [0.1, 0.15) is 0 Å². The molecule has 1 aromatic carbocycles. The predicted octanol–water partition coefficient (Wildman–Crippen LogP) is 3.21. The van der Waals surface area contributed by atoms with Gasteiger partial charge < -0.3 is 10.1 Å². The van der Waals surface area contributed by atoms with E-state index in [9.17, 15) is 5.26 Å². The van der Waals surface area contributed by atoms with Gasteiger partial charge in [-0.1, -0.05) is 6.07 Å². The molecule has 2 heterocycles. The number of fused-ring (bicyclic) bond motifs is 1. The van der Waals surface area contributed by atoms with Gasteiger partial charge in [-0.25, -0.2) is 4.85 Å². The minimum atomic E-state index is -0.372. The van der Waals surface area contributed by atoms with E-state index in [4.69, 9.17) is 11.3 Å². The van der Waals surface area contributed by atoms with Gasteiger partial charge >= 0.3 is 0 Å². The van der Waals surface area contributed by atoms with Gasteiger partial charge in [-0.05, 0) is 31.5 Å². The summed E-state index contributed by atoms with van der Waals surface area (Å²) >= 11 is 0. The largest absolute Gasteiger partial charge is 0.480 e. The van der Waals surface area contributed by atoms with Gasteiger partial charge in [0.15, 0.2) is 5.70 Å². The first kappa shape index (κ1) is 14.7. The standard InChI is InChI=1S/C17H15N5O/c1-9-13(8-18)15(16(19-3)10(2)20-9)11-5-6-14-12(7-11)17(23-4)22-21-14/h5-7,15,20H,1-2,4H3,(H,21,22). The number of nitrogens with one attached hydrogen (secondary N) is 2. The lowest BCUT2D eigenvalue weighted by Crippen LogP contribution is -2.22. The molecule has 0 fully saturated rings. The van der Waals surface area contributed by atoms with Gasteiger partial charge in [-0.2, -0.15) is 5.26 Å². The minimum Gasteiger partial charge on any atom is -0.480 e. The van der Waals surface area contributed by atoms with E-state index in [1.807, 2.05) is 32.0 Å². The topological polar surface area (TPSA) is 78.1 Å². The van der Waals surface area contributed by atoms with Crippen molar-refractivity contribution in [2.24, 2.45) is 0 Å². The van der Waals surface area contributed by atoms with Crippen molar-refractivity contribution in [3.63, 3.8) is 0 Å². The number of aromatic nitrogens is 2. The Morgan fingerprint density at radius 2 is 2.13 bits per heavy atom. The van der Waals surface area contributed by atoms with Crippen LogP contribution in [0.15, 0.2) is 40.9 Å². The number of benzene rings is 1. The summed E-state index contributed by atoms with van der Waals surface area (Å²) in [5.41, 5.74) is 4.38. The van der Waals surface area contributed by atoms with Crippen LogP contribution in [-0.4, -0.2) is 17.3 Å². The minimum absolute atomic E-state index is 0.372. The van der Waals surface area contributed by atoms with E-state index < -0.39 is 0 Å². The predicted molar refractivity (Wildman–Crippen MR) is 86.1 cm³/mol. The first-order valence-electron chi connectivity index (χ1n) is 7.08. The summed E-state index contributed by atoms with van der Waals surface area (Å²) in [5.74, 6) is 0.128. The van der Waals surface area contributed by atoms with Crippen molar-refractivity contribution < 1.29 is 4.74 Å². The number of allylic oxidation sites excluding steroid dienone is 3. The van der Waals surface area contributed by atoms with Gasteiger partial charge in [0.05, 0.1) is 42.1 Å². The van der Waals surface area contributed by atoms with E-state index in [-0.39, 0.29) is 5.92 Å². The van der Waals surface area contributed by atoms with Gasteiger partial charge in [0.2, 0.25) is 5.88 Å². The Morgan fingerprint density at radius 1 is 1.35 bits per heavy atom. The summed E-state index contributed by atoms with van der Waals surface area (Å²) in [6.45, 7) is 11.2. The average Bonchev–Trinajstić information content (AvgIpc) is 2.96. The number of nitriles is 1. The van der Waals surface area contributed by atoms with Crippen LogP contribution >= 0.6 is 0 Å². The number of dihydropyridines is 1. The van der Waals surface area contributed by atoms with Crippen molar-refractivity contribution >= 4 is 10.9 Å². The van der Waals surface area contributed by atoms with Crippen LogP contribution < -0.4 is 10.1 Å². The van der Waals surface area contributed by atoms with E-state index in [0.29, 0.717) is 17.2 Å². The fourth-order valence-corrected chi connectivity index (χ4v) is 2.95. The third kappa shape index (κ3) is 2.21. The van der Waals surface area contributed by atoms with Crippen LogP contribution in [-0.2, 0) is 0 Å². The first-order chi connectivity index (χ1) is 11.1. The quantitative estimate of drug-likeness (QED) is 0.835. The monoisotopic (exact) mass is 305 g/mol. The summed E-state index contributed by atoms with van der Waals surface area (Å²) in [7, 11) is 1.56. The maximum Gasteiger partial charge on any atom is 0.240 e. The molecule has 0 amide bonds. The van der Waals surface area contributed by atoms with Gasteiger partial charge in [0, 0.05) is 11.4 Å². The molecule has 0 spiro atoms. The Hall–Kier alpha value is -3.25. The Kier molecular flexibility index (Phi) is 3.51. The zero-order chi connectivity index (χ0) is 16.6. The summed E-state index contributed by atoms with van der Waals surface area (Å²) in [4.78, 5) is 3.66. The second-order valence-corrected chi connectivity index (χ2v) is 5.37. The van der Waals surface area contributed by atoms with E-state index >= 15 is 0 Å². The third-order valence-corrected chi connectivity index (χ3v) is 4.04. The molecule has 1 unspecified atom stereocenters. The van der Waals surface area contributed by atoms with Crippen LogP contribution in [0, 0.1) is 17.9 Å². The van der Waals surface area contributed by atoms with Crippen molar-refractivity contribution in [3.8, 4) is 11.9 Å². The number of methoxy groups -OCH3 is 1. The smallest absolute Gasteiger partial charge is 0.240 e. The molecule has 0 radical (unpaired) electrons. The van der Waals surface area contributed by atoms with Gasteiger partial charge in [0.25, 0.3) is 0 Å². The number of aromatic amines is 1. The van der Waals surface area contributed by atoms with Gasteiger partial charge in [-0.3, -0.25) is 5.10 Å². The molecule has 0 bridgehead atoms. The molecular weight excluding hydrogens is 290 g/mol. The second kappa shape index (κ2) is 5.51. The van der Waals surface area contributed by atoms with Crippen LogP contribution in [0.5, 0.6) is 5.88 Å². The molecule has 0 saturated carbocycles. The number of H-pyrrole nitrogens is 1. The summed E-state index contributed by atoms with van der Waals surface area (Å²) in [6.07, 6.45) is 0. The van der Waals surface area contributed by atoms with Crippen molar-refractivity contribution in [1.82, 2.24) is 15.5 Å². The molecule has 0 saturated heterocycles. The normalized spacial score (nSPS) is 17.7. The van der Waals surface area contributed by atoms with Crippen molar-refractivity contribution in [3.05, 3.63) is 57.8 Å². The molecule has 0 aliphatic carbocycles. The Bertz CT molecular complexity index is 900. The fourth-order valence-electron chi connectivity index (χ4n) is 2.95. The average molecular weight is 305 g/mol. The number of rotatable bonds is 2. The van der Waals surface area contributed by atoms with E-state index in [0.717, 1.165) is 27.9 Å². The highest BCUT2D eigenvalue weighted by Gasteiger charge is 2.30. The second-order valence-electron chi connectivity index (χ2n) is 5.37. The highest BCUT2D eigenvalue weighted by Crippen LogP contribution is 2.39. The van der Waals surface area contributed by atoms with Gasteiger partial charge in [-0.15, -0.1) is 5.10 Å². The highest BCUT2D eigenvalue weighted by molar-refractivity contribution is 5.85. The highest BCUT2D eigenvalue weighted by atomic mass is 16.5. The fraction of sp³-hybridized carbons (Fsp3) is 0.235. The lowest BCUT2D eigenvalue weighted by molar-refractivity contribution is 0.401. The van der Waals surface area contributed by atoms with Crippen LogP contribution in [0.1, 0.15) is 25.3 Å². The maximum absolute atomic E-state index is 9.55. The Balaban J connectivity index is 2.23. The van der Waals surface area contributed by atoms with Crippen molar-refractivity contribution in [1.29, 1.82) is 5.26 Å². The van der Waals surface area contributed by atoms with E-state index in [1.165, 1.54) is 0 Å². The lowest BCUT2D eigenvalue weighted by atomic mass is 9.84.